The van der Waals surface area contributed by atoms with Crippen molar-refractivity contribution in [2.24, 2.45) is 5.16 Å². The molecule has 0 aromatic heterocycles. The zero-order chi connectivity index (χ0) is 14.5. The van der Waals surface area contributed by atoms with Crippen LogP contribution in [0.4, 0.5) is 4.39 Å². The van der Waals surface area contributed by atoms with Gasteiger partial charge in [0.1, 0.15) is 11.9 Å². The summed E-state index contributed by atoms with van der Waals surface area (Å²) >= 11 is 0. The third-order valence-electron chi connectivity index (χ3n) is 3.49. The molecule has 3 nitrogen and oxygen atoms in total. The summed E-state index contributed by atoms with van der Waals surface area (Å²) in [5, 5.41) is 7.35. The molecule has 0 fully saturated rings. The third-order valence-corrected chi connectivity index (χ3v) is 3.49. The highest BCUT2D eigenvalue weighted by Gasteiger charge is 2.21. The molecule has 21 heavy (non-hydrogen) atoms. The summed E-state index contributed by atoms with van der Waals surface area (Å²) in [6.45, 7) is 1.14. The van der Waals surface area contributed by atoms with E-state index in [1.165, 1.54) is 6.07 Å². The van der Waals surface area contributed by atoms with Crippen LogP contribution in [0, 0.1) is 5.82 Å². The highest BCUT2D eigenvalue weighted by molar-refractivity contribution is 6.01. The fourth-order valence-corrected chi connectivity index (χ4v) is 2.35. The third kappa shape index (κ3) is 3.47. The van der Waals surface area contributed by atoms with Gasteiger partial charge in [0.05, 0.1) is 5.71 Å². The van der Waals surface area contributed by atoms with Gasteiger partial charge >= 0.3 is 0 Å². The van der Waals surface area contributed by atoms with Crippen molar-refractivity contribution in [3.63, 3.8) is 0 Å². The minimum absolute atomic E-state index is 0.00646. The van der Waals surface area contributed by atoms with Crippen molar-refractivity contribution >= 4 is 5.71 Å². The smallest absolute Gasteiger partial charge is 0.145 e. The Balaban J connectivity index is 1.48. The van der Waals surface area contributed by atoms with E-state index in [2.05, 4.69) is 10.5 Å². The molecule has 0 saturated carbocycles. The monoisotopic (exact) mass is 284 g/mol. The van der Waals surface area contributed by atoms with Gasteiger partial charge in [-0.2, -0.15) is 0 Å². The lowest BCUT2D eigenvalue weighted by Gasteiger charge is -2.10. The molecule has 0 unspecified atom stereocenters. The first-order chi connectivity index (χ1) is 10.3. The van der Waals surface area contributed by atoms with E-state index in [4.69, 9.17) is 4.84 Å². The van der Waals surface area contributed by atoms with Gasteiger partial charge in [0.15, 0.2) is 0 Å². The summed E-state index contributed by atoms with van der Waals surface area (Å²) in [7, 11) is 0. The Morgan fingerprint density at radius 1 is 1.10 bits per heavy atom. The maximum atomic E-state index is 13.5. The molecule has 3 rings (SSSR count). The largest absolute Gasteiger partial charge is 0.390 e. The molecule has 1 aliphatic rings. The van der Waals surface area contributed by atoms with Gasteiger partial charge in [-0.25, -0.2) is 4.39 Å². The molecule has 2 aromatic rings. The lowest BCUT2D eigenvalue weighted by atomic mass is 10.1. The van der Waals surface area contributed by atoms with E-state index in [9.17, 15) is 4.39 Å². The van der Waals surface area contributed by atoms with Gasteiger partial charge in [-0.1, -0.05) is 53.7 Å². The molecule has 2 aromatic carbocycles. The van der Waals surface area contributed by atoms with Crippen LogP contribution in [0.15, 0.2) is 59.8 Å². The van der Waals surface area contributed by atoms with Gasteiger partial charge in [-0.15, -0.1) is 0 Å². The molecule has 108 valence electrons. The molecule has 4 heteroatoms. The molecule has 1 atom stereocenters. The van der Waals surface area contributed by atoms with Crippen molar-refractivity contribution in [3.05, 3.63) is 71.5 Å². The van der Waals surface area contributed by atoms with Crippen molar-refractivity contribution in [3.8, 4) is 0 Å². The first kappa shape index (κ1) is 13.8. The lowest BCUT2D eigenvalue weighted by Crippen LogP contribution is -2.27. The molecule has 1 aliphatic heterocycles. The van der Waals surface area contributed by atoms with Crippen molar-refractivity contribution in [2.75, 3.05) is 6.54 Å². The topological polar surface area (TPSA) is 33.6 Å². The number of halogens is 1. The molecule has 0 bridgehead atoms. The van der Waals surface area contributed by atoms with Crippen LogP contribution in [0.25, 0.3) is 0 Å². The van der Waals surface area contributed by atoms with Gasteiger partial charge in [-0.05, 0) is 11.6 Å². The number of rotatable bonds is 5. The van der Waals surface area contributed by atoms with E-state index in [0.29, 0.717) is 18.7 Å². The number of hydrogen-bond donors (Lipinski definition) is 1. The normalized spacial score (nSPS) is 17.4. The molecule has 0 amide bonds. The van der Waals surface area contributed by atoms with Crippen molar-refractivity contribution in [2.45, 2.75) is 19.1 Å². The van der Waals surface area contributed by atoms with E-state index >= 15 is 0 Å². The van der Waals surface area contributed by atoms with Gasteiger partial charge in [0.25, 0.3) is 0 Å². The molecule has 0 spiro atoms. The van der Waals surface area contributed by atoms with E-state index < -0.39 is 0 Å². The van der Waals surface area contributed by atoms with Crippen LogP contribution < -0.4 is 5.32 Å². The van der Waals surface area contributed by atoms with Crippen molar-refractivity contribution in [1.29, 1.82) is 0 Å². The fourth-order valence-electron chi connectivity index (χ4n) is 2.35. The van der Waals surface area contributed by atoms with E-state index in [-0.39, 0.29) is 11.9 Å². The number of benzene rings is 2. The predicted octanol–water partition coefficient (Wildman–Crippen LogP) is 3.11. The Bertz CT molecular complexity index is 628. The molecular formula is C17H17FN2O. The van der Waals surface area contributed by atoms with Crippen LogP contribution >= 0.6 is 0 Å². The summed E-state index contributed by atoms with van der Waals surface area (Å²) in [6, 6.07) is 16.8. The molecule has 0 saturated heterocycles. The maximum Gasteiger partial charge on any atom is 0.145 e. The Hall–Kier alpha value is -2.20. The molecule has 0 aliphatic carbocycles. The van der Waals surface area contributed by atoms with Crippen LogP contribution in [0.1, 0.15) is 17.5 Å². The summed E-state index contributed by atoms with van der Waals surface area (Å²) in [5.74, 6) is -0.182. The lowest BCUT2D eigenvalue weighted by molar-refractivity contribution is 0.0848. The van der Waals surface area contributed by atoms with E-state index in [0.717, 1.165) is 17.7 Å². The quantitative estimate of drug-likeness (QED) is 0.915. The first-order valence-electron chi connectivity index (χ1n) is 7.05. The highest BCUT2D eigenvalue weighted by Crippen LogP contribution is 2.16. The fraction of sp³-hybridized carbons (Fsp3) is 0.235. The maximum absolute atomic E-state index is 13.5. The number of nitrogens with one attached hydrogen (secondary N) is 1. The van der Waals surface area contributed by atoms with Crippen LogP contribution in [0.2, 0.25) is 0 Å². The molecule has 1 heterocycles. The number of nitrogens with zero attached hydrogens (tertiary/aromatic N) is 1. The van der Waals surface area contributed by atoms with Crippen LogP contribution in [-0.4, -0.2) is 18.4 Å². The number of hydrogen-bond acceptors (Lipinski definition) is 3. The molecule has 1 N–H and O–H groups in total. The second kappa shape index (κ2) is 6.50. The van der Waals surface area contributed by atoms with Crippen LogP contribution in [0.5, 0.6) is 0 Å². The van der Waals surface area contributed by atoms with Gasteiger partial charge in [0.2, 0.25) is 0 Å². The molecular weight excluding hydrogens is 267 g/mol. The van der Waals surface area contributed by atoms with Crippen molar-refractivity contribution in [1.82, 2.24) is 5.32 Å². The molecule has 0 radical (unpaired) electrons. The Labute approximate surface area is 123 Å². The first-order valence-corrected chi connectivity index (χ1v) is 7.05. The Kier molecular flexibility index (Phi) is 4.26. The minimum Gasteiger partial charge on any atom is -0.390 e. The van der Waals surface area contributed by atoms with Crippen LogP contribution in [0.3, 0.4) is 0 Å². The van der Waals surface area contributed by atoms with E-state index in [1.54, 1.807) is 12.1 Å². The standard InChI is InChI=1S/C17H17FN2O/c18-16-9-5-4-8-14(16)11-19-12-15-10-17(20-21-15)13-6-2-1-3-7-13/h1-9,15,19H,10-12H2/t15-/m1/s1. The van der Waals surface area contributed by atoms with Gasteiger partial charge in [0, 0.05) is 25.1 Å². The average molecular weight is 284 g/mol. The zero-order valence-electron chi connectivity index (χ0n) is 11.6. The van der Waals surface area contributed by atoms with Crippen molar-refractivity contribution < 1.29 is 9.23 Å². The highest BCUT2D eigenvalue weighted by atomic mass is 19.1. The predicted molar refractivity (Wildman–Crippen MR) is 80.6 cm³/mol. The SMILES string of the molecule is Fc1ccccc1CNC[C@H]1CC(c2ccccc2)=NO1. The average Bonchev–Trinajstić information content (AvgIpc) is 2.99. The Morgan fingerprint density at radius 2 is 1.86 bits per heavy atom. The second-order valence-corrected chi connectivity index (χ2v) is 5.06. The minimum atomic E-state index is -0.182. The second-order valence-electron chi connectivity index (χ2n) is 5.06. The summed E-state index contributed by atoms with van der Waals surface area (Å²) in [6.07, 6.45) is 0.779. The Morgan fingerprint density at radius 3 is 2.67 bits per heavy atom. The van der Waals surface area contributed by atoms with E-state index in [1.807, 2.05) is 36.4 Å². The summed E-state index contributed by atoms with van der Waals surface area (Å²) < 4.78 is 13.5. The number of oxime groups is 1. The summed E-state index contributed by atoms with van der Waals surface area (Å²) in [4.78, 5) is 5.42. The zero-order valence-corrected chi connectivity index (χ0v) is 11.6. The summed E-state index contributed by atoms with van der Waals surface area (Å²) in [5.41, 5.74) is 2.72. The van der Waals surface area contributed by atoms with Crippen LogP contribution in [-0.2, 0) is 11.4 Å². The van der Waals surface area contributed by atoms with Gasteiger partial charge < -0.3 is 10.2 Å². The van der Waals surface area contributed by atoms with Gasteiger partial charge in [-0.3, -0.25) is 0 Å².